The molecule has 5 heteroatoms. The average molecular weight is 311 g/mol. The number of hydrogen-bond donors (Lipinski definition) is 1. The molecule has 0 aliphatic carbocycles. The second kappa shape index (κ2) is 5.50. The van der Waals surface area contributed by atoms with E-state index in [1.807, 2.05) is 31.2 Å². The number of hydrogen-bond acceptors (Lipinski definition) is 3. The van der Waals surface area contributed by atoms with Gasteiger partial charge in [-0.25, -0.2) is 9.38 Å². The molecule has 1 heterocycles. The Hall–Kier alpha value is -2.69. The lowest BCUT2D eigenvalue weighted by Gasteiger charge is -2.33. The minimum Gasteiger partial charge on any atom is -0.369 e. The van der Waals surface area contributed by atoms with E-state index in [9.17, 15) is 9.18 Å². The summed E-state index contributed by atoms with van der Waals surface area (Å²) in [6.45, 7) is 1.90. The maximum absolute atomic E-state index is 13.1. The summed E-state index contributed by atoms with van der Waals surface area (Å²) in [6.07, 6.45) is 0.261. The van der Waals surface area contributed by atoms with E-state index in [2.05, 4.69) is 4.99 Å². The molecule has 0 aromatic heterocycles. The first-order valence-electron chi connectivity index (χ1n) is 7.37. The van der Waals surface area contributed by atoms with Gasteiger partial charge in [0.05, 0.1) is 12.0 Å². The summed E-state index contributed by atoms with van der Waals surface area (Å²) in [5.41, 5.74) is 7.93. The molecular formula is C18H18FN3O. The van der Waals surface area contributed by atoms with E-state index < -0.39 is 5.54 Å². The molecule has 118 valence electrons. The van der Waals surface area contributed by atoms with Crippen molar-refractivity contribution >= 4 is 11.9 Å². The van der Waals surface area contributed by atoms with Crippen LogP contribution in [-0.2, 0) is 10.3 Å². The normalized spacial score (nSPS) is 21.3. The summed E-state index contributed by atoms with van der Waals surface area (Å²) >= 11 is 0. The van der Waals surface area contributed by atoms with Crippen LogP contribution in [0.2, 0.25) is 0 Å². The summed E-state index contributed by atoms with van der Waals surface area (Å²) < 4.78 is 13.1. The van der Waals surface area contributed by atoms with Gasteiger partial charge >= 0.3 is 0 Å². The van der Waals surface area contributed by atoms with Crippen LogP contribution in [-0.4, -0.2) is 23.8 Å². The first-order chi connectivity index (χ1) is 10.9. The van der Waals surface area contributed by atoms with Crippen molar-refractivity contribution in [3.05, 3.63) is 59.9 Å². The number of carbonyl (C=O) groups excluding carboxylic acids is 1. The van der Waals surface area contributed by atoms with Crippen LogP contribution in [0.1, 0.15) is 18.9 Å². The minimum atomic E-state index is -0.691. The van der Waals surface area contributed by atoms with E-state index in [1.54, 1.807) is 19.2 Å². The first-order valence-corrected chi connectivity index (χ1v) is 7.37. The topological polar surface area (TPSA) is 58.7 Å². The molecule has 2 aromatic carbocycles. The number of carbonyl (C=O) groups is 1. The maximum atomic E-state index is 13.1. The van der Waals surface area contributed by atoms with Crippen LogP contribution in [0, 0.1) is 5.82 Å². The predicted octanol–water partition coefficient (Wildman–Crippen LogP) is 2.88. The van der Waals surface area contributed by atoms with E-state index in [4.69, 9.17) is 5.73 Å². The summed E-state index contributed by atoms with van der Waals surface area (Å²) in [6, 6.07) is 14.1. The number of rotatable bonds is 2. The molecule has 2 N–H and O–H groups in total. The predicted molar refractivity (Wildman–Crippen MR) is 88.2 cm³/mol. The molecule has 0 saturated heterocycles. The lowest BCUT2D eigenvalue weighted by Crippen LogP contribution is -2.47. The Kier molecular flexibility index (Phi) is 3.64. The van der Waals surface area contributed by atoms with Crippen molar-refractivity contribution in [2.45, 2.75) is 18.9 Å². The lowest BCUT2D eigenvalue weighted by molar-refractivity contribution is -0.128. The van der Waals surface area contributed by atoms with E-state index in [0.717, 1.165) is 16.7 Å². The second-order valence-corrected chi connectivity index (χ2v) is 5.96. The van der Waals surface area contributed by atoms with Crippen LogP contribution in [0.15, 0.2) is 53.5 Å². The van der Waals surface area contributed by atoms with Crippen molar-refractivity contribution in [3.8, 4) is 11.1 Å². The van der Waals surface area contributed by atoms with Crippen molar-refractivity contribution in [2.24, 2.45) is 10.7 Å². The highest BCUT2D eigenvalue weighted by Gasteiger charge is 2.36. The fourth-order valence-electron chi connectivity index (χ4n) is 2.75. The number of nitrogens with zero attached hydrogens (tertiary/aromatic N) is 2. The van der Waals surface area contributed by atoms with Crippen LogP contribution in [0.25, 0.3) is 11.1 Å². The molecule has 3 rings (SSSR count). The molecule has 1 atom stereocenters. The number of benzene rings is 2. The number of halogens is 1. The molecule has 0 radical (unpaired) electrons. The molecule has 1 aliphatic rings. The van der Waals surface area contributed by atoms with E-state index in [-0.39, 0.29) is 24.1 Å². The number of nitrogens with two attached hydrogens (primary N) is 1. The van der Waals surface area contributed by atoms with Crippen molar-refractivity contribution < 1.29 is 9.18 Å². The molecule has 1 aliphatic heterocycles. The molecule has 0 saturated carbocycles. The Balaban J connectivity index is 2.03. The number of guanidine groups is 1. The number of aliphatic imine (C=N–C) groups is 1. The highest BCUT2D eigenvalue weighted by Crippen LogP contribution is 2.34. The molecule has 0 fully saturated rings. The minimum absolute atomic E-state index is 0.0628. The quantitative estimate of drug-likeness (QED) is 0.927. The van der Waals surface area contributed by atoms with Crippen LogP contribution in [0.5, 0.6) is 0 Å². The standard InChI is InChI=1S/C18H18FN3O/c1-18(11-16(23)22(2)17(20)21-18)14-5-3-4-13(10-14)12-6-8-15(19)9-7-12/h3-10H,11H2,1-2H3,(H2,20,21). The largest absolute Gasteiger partial charge is 0.369 e. The molecule has 1 unspecified atom stereocenters. The van der Waals surface area contributed by atoms with Crippen molar-refractivity contribution in [2.75, 3.05) is 7.05 Å². The van der Waals surface area contributed by atoms with Gasteiger partial charge < -0.3 is 5.73 Å². The van der Waals surface area contributed by atoms with Gasteiger partial charge in [0.25, 0.3) is 0 Å². The van der Waals surface area contributed by atoms with Crippen molar-refractivity contribution in [3.63, 3.8) is 0 Å². The maximum Gasteiger partial charge on any atom is 0.231 e. The van der Waals surface area contributed by atoms with Crippen LogP contribution >= 0.6 is 0 Å². The zero-order valence-electron chi connectivity index (χ0n) is 13.1. The first kappa shape index (κ1) is 15.2. The second-order valence-electron chi connectivity index (χ2n) is 5.96. The van der Waals surface area contributed by atoms with Gasteiger partial charge in [-0.3, -0.25) is 9.69 Å². The molecule has 0 spiro atoms. The fourth-order valence-corrected chi connectivity index (χ4v) is 2.75. The summed E-state index contributed by atoms with van der Waals surface area (Å²) in [7, 11) is 1.62. The average Bonchev–Trinajstić information content (AvgIpc) is 2.53. The van der Waals surface area contributed by atoms with Gasteiger partial charge in [0.15, 0.2) is 5.96 Å². The Morgan fingerprint density at radius 2 is 1.87 bits per heavy atom. The zero-order chi connectivity index (χ0) is 16.6. The van der Waals surface area contributed by atoms with Gasteiger partial charge in [-0.1, -0.05) is 30.3 Å². The van der Waals surface area contributed by atoms with Gasteiger partial charge in [-0.05, 0) is 41.8 Å². The molecular weight excluding hydrogens is 293 g/mol. The highest BCUT2D eigenvalue weighted by atomic mass is 19.1. The summed E-state index contributed by atoms with van der Waals surface area (Å²) in [4.78, 5) is 18.0. The third-order valence-corrected chi connectivity index (χ3v) is 4.24. The Morgan fingerprint density at radius 1 is 1.17 bits per heavy atom. The fraction of sp³-hybridized carbons (Fsp3) is 0.222. The van der Waals surface area contributed by atoms with Gasteiger partial charge in [0.1, 0.15) is 5.82 Å². The van der Waals surface area contributed by atoms with Crippen LogP contribution in [0.4, 0.5) is 4.39 Å². The summed E-state index contributed by atoms with van der Waals surface area (Å²) in [5, 5.41) is 0. The third kappa shape index (κ3) is 2.82. The van der Waals surface area contributed by atoms with E-state index >= 15 is 0 Å². The summed E-state index contributed by atoms with van der Waals surface area (Å²) in [5.74, 6) is -0.113. The van der Waals surface area contributed by atoms with Crippen LogP contribution < -0.4 is 5.73 Å². The van der Waals surface area contributed by atoms with Gasteiger partial charge in [0.2, 0.25) is 5.91 Å². The Bertz CT molecular complexity index is 785. The molecule has 23 heavy (non-hydrogen) atoms. The van der Waals surface area contributed by atoms with Gasteiger partial charge in [-0.15, -0.1) is 0 Å². The third-order valence-electron chi connectivity index (χ3n) is 4.24. The number of amides is 1. The molecule has 1 amide bonds. The lowest BCUT2D eigenvalue weighted by atomic mass is 9.86. The van der Waals surface area contributed by atoms with Gasteiger partial charge in [-0.2, -0.15) is 0 Å². The zero-order valence-corrected chi connectivity index (χ0v) is 13.1. The van der Waals surface area contributed by atoms with E-state index in [0.29, 0.717) is 0 Å². The monoisotopic (exact) mass is 311 g/mol. The molecule has 4 nitrogen and oxygen atoms in total. The van der Waals surface area contributed by atoms with Crippen LogP contribution in [0.3, 0.4) is 0 Å². The van der Waals surface area contributed by atoms with Gasteiger partial charge in [0, 0.05) is 7.05 Å². The van der Waals surface area contributed by atoms with Crippen molar-refractivity contribution in [1.29, 1.82) is 0 Å². The Labute approximate surface area is 134 Å². The Morgan fingerprint density at radius 3 is 2.52 bits per heavy atom. The molecule has 0 bridgehead atoms. The van der Waals surface area contributed by atoms with Crippen molar-refractivity contribution in [1.82, 2.24) is 4.90 Å². The molecule has 2 aromatic rings. The smallest absolute Gasteiger partial charge is 0.231 e. The SMILES string of the molecule is CN1C(=O)CC(C)(c2cccc(-c3ccc(F)cc3)c2)N=C1N. The van der Waals surface area contributed by atoms with E-state index in [1.165, 1.54) is 17.0 Å². The highest BCUT2D eigenvalue weighted by molar-refractivity contribution is 5.98.